The zero-order valence-corrected chi connectivity index (χ0v) is 17.8. The molecule has 0 spiro atoms. The molecule has 0 aliphatic heterocycles. The number of aliphatic imine (C=N–C) groups is 1. The SMILES string of the molecule is CCCCCNC(=NC)NCc1cccc(CS(=O)(=O)NC)c1.I. The molecule has 0 aliphatic carbocycles. The van der Waals surface area contributed by atoms with Gasteiger partial charge in [-0.3, -0.25) is 4.99 Å². The summed E-state index contributed by atoms with van der Waals surface area (Å²) in [5.41, 5.74) is 1.79. The molecule has 8 heteroatoms. The Hall–Kier alpha value is -0.870. The van der Waals surface area contributed by atoms with Gasteiger partial charge in [-0.15, -0.1) is 24.0 Å². The van der Waals surface area contributed by atoms with E-state index in [0.717, 1.165) is 30.1 Å². The van der Waals surface area contributed by atoms with Gasteiger partial charge in [-0.25, -0.2) is 13.1 Å². The Morgan fingerprint density at radius 2 is 1.88 bits per heavy atom. The van der Waals surface area contributed by atoms with Crippen molar-refractivity contribution in [3.05, 3.63) is 35.4 Å². The van der Waals surface area contributed by atoms with Crippen LogP contribution in [0.25, 0.3) is 0 Å². The number of sulfonamides is 1. The van der Waals surface area contributed by atoms with Crippen LogP contribution in [0.1, 0.15) is 37.3 Å². The molecule has 0 atom stereocenters. The lowest BCUT2D eigenvalue weighted by Crippen LogP contribution is -2.37. The number of hydrogen-bond acceptors (Lipinski definition) is 3. The van der Waals surface area contributed by atoms with Gasteiger partial charge in [0.05, 0.1) is 5.75 Å². The van der Waals surface area contributed by atoms with Gasteiger partial charge in [0, 0.05) is 20.1 Å². The highest BCUT2D eigenvalue weighted by atomic mass is 127. The van der Waals surface area contributed by atoms with Gasteiger partial charge in [0.2, 0.25) is 10.0 Å². The van der Waals surface area contributed by atoms with Crippen molar-refractivity contribution >= 4 is 40.0 Å². The highest BCUT2D eigenvalue weighted by Gasteiger charge is 2.08. The van der Waals surface area contributed by atoms with Gasteiger partial charge < -0.3 is 10.6 Å². The first kappa shape index (κ1) is 23.1. The molecule has 0 aliphatic rings. The molecule has 0 heterocycles. The fourth-order valence-corrected chi connectivity index (χ4v) is 2.87. The van der Waals surface area contributed by atoms with Crippen LogP contribution in [0.5, 0.6) is 0 Å². The van der Waals surface area contributed by atoms with E-state index in [4.69, 9.17) is 0 Å². The van der Waals surface area contributed by atoms with Crippen LogP contribution in [0.4, 0.5) is 0 Å². The van der Waals surface area contributed by atoms with E-state index in [1.54, 1.807) is 7.05 Å². The maximum Gasteiger partial charge on any atom is 0.215 e. The van der Waals surface area contributed by atoms with E-state index >= 15 is 0 Å². The molecule has 0 saturated carbocycles. The number of benzene rings is 1. The van der Waals surface area contributed by atoms with E-state index in [9.17, 15) is 8.42 Å². The highest BCUT2D eigenvalue weighted by molar-refractivity contribution is 14.0. The predicted molar refractivity (Wildman–Crippen MR) is 111 cm³/mol. The van der Waals surface area contributed by atoms with Gasteiger partial charge in [-0.2, -0.15) is 0 Å². The van der Waals surface area contributed by atoms with E-state index < -0.39 is 10.0 Å². The van der Waals surface area contributed by atoms with Crippen molar-refractivity contribution in [2.24, 2.45) is 4.99 Å². The molecule has 0 radical (unpaired) electrons. The standard InChI is InChI=1S/C16H28N4O2S.HI/c1-4-5-6-10-19-16(17-2)20-12-14-8-7-9-15(11-14)13-23(21,22)18-3;/h7-9,11,18H,4-6,10,12-13H2,1-3H3,(H2,17,19,20);1H. The molecule has 0 aromatic heterocycles. The summed E-state index contributed by atoms with van der Waals surface area (Å²) in [4.78, 5) is 4.18. The van der Waals surface area contributed by atoms with Gasteiger partial charge in [0.1, 0.15) is 0 Å². The first-order valence-corrected chi connectivity index (χ1v) is 9.59. The molecular formula is C16H29IN4O2S. The summed E-state index contributed by atoms with van der Waals surface area (Å²) in [5.74, 6) is 0.746. The van der Waals surface area contributed by atoms with Crippen LogP contribution in [0.2, 0.25) is 0 Å². The lowest BCUT2D eigenvalue weighted by molar-refractivity contribution is 0.587. The molecule has 0 unspecified atom stereocenters. The lowest BCUT2D eigenvalue weighted by Gasteiger charge is -2.12. The maximum absolute atomic E-state index is 11.6. The summed E-state index contributed by atoms with van der Waals surface area (Å²) in [6.07, 6.45) is 3.51. The Morgan fingerprint density at radius 1 is 1.17 bits per heavy atom. The Kier molecular flexibility index (Phi) is 12.0. The minimum atomic E-state index is -3.25. The average molecular weight is 468 g/mol. The first-order chi connectivity index (χ1) is 11.0. The molecule has 1 aromatic carbocycles. The maximum atomic E-state index is 11.6. The fraction of sp³-hybridized carbons (Fsp3) is 0.562. The third-order valence-corrected chi connectivity index (χ3v) is 4.75. The van der Waals surface area contributed by atoms with Gasteiger partial charge in [0.25, 0.3) is 0 Å². The minimum absolute atomic E-state index is 0. The average Bonchev–Trinajstić information content (AvgIpc) is 2.54. The van der Waals surface area contributed by atoms with Gasteiger partial charge in [0.15, 0.2) is 5.96 Å². The number of hydrogen-bond donors (Lipinski definition) is 3. The molecule has 0 saturated heterocycles. The molecule has 138 valence electrons. The van der Waals surface area contributed by atoms with Crippen LogP contribution in [0, 0.1) is 0 Å². The largest absolute Gasteiger partial charge is 0.356 e. The van der Waals surface area contributed by atoms with Crippen LogP contribution in [0.3, 0.4) is 0 Å². The number of unbranched alkanes of at least 4 members (excludes halogenated alkanes) is 2. The van der Waals surface area contributed by atoms with Crippen molar-refractivity contribution in [3.63, 3.8) is 0 Å². The number of guanidine groups is 1. The van der Waals surface area contributed by atoms with Crippen molar-refractivity contribution in [2.45, 2.75) is 38.5 Å². The second-order valence-corrected chi connectivity index (χ2v) is 7.27. The van der Waals surface area contributed by atoms with E-state index in [1.807, 2.05) is 24.3 Å². The molecule has 1 aromatic rings. The quantitative estimate of drug-likeness (QED) is 0.225. The highest BCUT2D eigenvalue weighted by Crippen LogP contribution is 2.08. The Labute approximate surface area is 163 Å². The van der Waals surface area contributed by atoms with Gasteiger partial charge >= 0.3 is 0 Å². The number of nitrogens with one attached hydrogen (secondary N) is 3. The fourth-order valence-electron chi connectivity index (χ4n) is 2.11. The molecule has 1 rings (SSSR count). The predicted octanol–water partition coefficient (Wildman–Crippen LogP) is 2.21. The zero-order chi connectivity index (χ0) is 17.1. The number of halogens is 1. The van der Waals surface area contributed by atoms with Crippen LogP contribution in [-0.4, -0.2) is 35.0 Å². The molecular weight excluding hydrogens is 439 g/mol. The molecule has 0 fully saturated rings. The van der Waals surface area contributed by atoms with E-state index in [2.05, 4.69) is 27.3 Å². The Bertz CT molecular complexity index is 606. The van der Waals surface area contributed by atoms with Crippen molar-refractivity contribution in [3.8, 4) is 0 Å². The summed E-state index contributed by atoms with van der Waals surface area (Å²) in [6, 6.07) is 7.55. The number of rotatable bonds is 9. The summed E-state index contributed by atoms with van der Waals surface area (Å²) < 4.78 is 25.5. The Balaban J connectivity index is 0.00000529. The summed E-state index contributed by atoms with van der Waals surface area (Å²) in [7, 11) is -0.0826. The third kappa shape index (κ3) is 9.43. The summed E-state index contributed by atoms with van der Waals surface area (Å²) in [5, 5.41) is 6.51. The molecule has 3 N–H and O–H groups in total. The molecule has 0 amide bonds. The van der Waals surface area contributed by atoms with Crippen molar-refractivity contribution in [2.75, 3.05) is 20.6 Å². The van der Waals surface area contributed by atoms with E-state index in [0.29, 0.717) is 6.54 Å². The molecule has 24 heavy (non-hydrogen) atoms. The van der Waals surface area contributed by atoms with Gasteiger partial charge in [-0.05, 0) is 24.6 Å². The first-order valence-electron chi connectivity index (χ1n) is 7.94. The summed E-state index contributed by atoms with van der Waals surface area (Å²) in [6.45, 7) is 3.67. The van der Waals surface area contributed by atoms with E-state index in [1.165, 1.54) is 19.9 Å². The molecule has 6 nitrogen and oxygen atoms in total. The minimum Gasteiger partial charge on any atom is -0.356 e. The summed E-state index contributed by atoms with van der Waals surface area (Å²) >= 11 is 0. The zero-order valence-electron chi connectivity index (χ0n) is 14.6. The van der Waals surface area contributed by atoms with Crippen LogP contribution in [-0.2, 0) is 22.3 Å². The molecule has 0 bridgehead atoms. The van der Waals surface area contributed by atoms with Crippen molar-refractivity contribution in [1.82, 2.24) is 15.4 Å². The van der Waals surface area contributed by atoms with Crippen LogP contribution >= 0.6 is 24.0 Å². The normalized spacial score (nSPS) is 11.7. The second-order valence-electron chi connectivity index (χ2n) is 5.34. The number of nitrogens with zero attached hydrogens (tertiary/aromatic N) is 1. The monoisotopic (exact) mass is 468 g/mol. The third-order valence-electron chi connectivity index (χ3n) is 3.42. The smallest absolute Gasteiger partial charge is 0.215 e. The second kappa shape index (κ2) is 12.5. The topological polar surface area (TPSA) is 82.6 Å². The Morgan fingerprint density at radius 3 is 2.50 bits per heavy atom. The lowest BCUT2D eigenvalue weighted by atomic mass is 10.1. The van der Waals surface area contributed by atoms with Crippen LogP contribution < -0.4 is 15.4 Å². The van der Waals surface area contributed by atoms with E-state index in [-0.39, 0.29) is 29.7 Å². The van der Waals surface area contributed by atoms with Crippen molar-refractivity contribution < 1.29 is 8.42 Å². The van der Waals surface area contributed by atoms with Crippen molar-refractivity contribution in [1.29, 1.82) is 0 Å². The van der Waals surface area contributed by atoms with Crippen LogP contribution in [0.15, 0.2) is 29.3 Å². The van der Waals surface area contributed by atoms with Gasteiger partial charge in [-0.1, -0.05) is 44.0 Å².